The van der Waals surface area contributed by atoms with Crippen LogP contribution >= 0.6 is 11.6 Å². The molecule has 0 aliphatic heterocycles. The Morgan fingerprint density at radius 2 is 1.90 bits per heavy atom. The Labute approximate surface area is 178 Å². The topological polar surface area (TPSA) is 108 Å². The Bertz CT molecular complexity index is 1160. The lowest BCUT2D eigenvalue weighted by atomic mass is 10.0. The van der Waals surface area contributed by atoms with Gasteiger partial charge in [-0.15, -0.1) is 0 Å². The number of hydrogen-bond acceptors (Lipinski definition) is 4. The van der Waals surface area contributed by atoms with Gasteiger partial charge in [0.2, 0.25) is 0 Å². The Morgan fingerprint density at radius 3 is 2.50 bits per heavy atom. The molecule has 0 bridgehead atoms. The summed E-state index contributed by atoms with van der Waals surface area (Å²) >= 11 is 6.19. The zero-order valence-corrected chi connectivity index (χ0v) is 17.2. The van der Waals surface area contributed by atoms with Gasteiger partial charge in [0.25, 0.3) is 5.91 Å². The van der Waals surface area contributed by atoms with E-state index >= 15 is 0 Å². The monoisotopic (exact) mass is 422 g/mol. The van der Waals surface area contributed by atoms with E-state index in [0.717, 1.165) is 28.1 Å². The number of carboxylic acids is 1. The van der Waals surface area contributed by atoms with E-state index in [2.05, 4.69) is 16.5 Å². The van der Waals surface area contributed by atoms with E-state index in [0.29, 0.717) is 22.7 Å². The molecule has 2 aromatic carbocycles. The highest BCUT2D eigenvalue weighted by molar-refractivity contribution is 6.32. The smallest absolute Gasteiger partial charge is 0.322 e. The molecule has 1 amide bonds. The summed E-state index contributed by atoms with van der Waals surface area (Å²) < 4.78 is 1.87. The lowest BCUT2D eigenvalue weighted by molar-refractivity contribution is -0.135. The molecular weight excluding hydrogens is 404 g/mol. The molecule has 0 aliphatic carbocycles. The molecule has 0 unspecified atom stereocenters. The minimum atomic E-state index is -1.09. The summed E-state index contributed by atoms with van der Waals surface area (Å²) in [7, 11) is 0. The summed E-state index contributed by atoms with van der Waals surface area (Å²) in [5.41, 5.74) is 5.42. The fraction of sp³-hybridized carbons (Fsp3) is 0.182. The minimum Gasteiger partial charge on any atom is -0.480 e. The third-order valence-corrected chi connectivity index (χ3v) is 5.02. The molecule has 30 heavy (non-hydrogen) atoms. The van der Waals surface area contributed by atoms with Crippen molar-refractivity contribution in [3.05, 3.63) is 75.6 Å². The molecule has 152 valence electrons. The number of carboxylic acid groups (broad SMARTS) is 1. The Balaban J connectivity index is 1.81. The number of aliphatic carboxylic acids is 1. The van der Waals surface area contributed by atoms with Crippen molar-refractivity contribution in [2.75, 3.05) is 6.54 Å². The molecule has 0 saturated heterocycles. The second-order valence-corrected chi connectivity index (χ2v) is 7.19. The lowest BCUT2D eigenvalue weighted by Crippen LogP contribution is -2.29. The van der Waals surface area contributed by atoms with Crippen LogP contribution in [0.15, 0.2) is 42.5 Å². The molecule has 7 nitrogen and oxygen atoms in total. The number of hydrogen-bond donors (Lipinski definition) is 2. The number of aryl methyl sites for hydroxylation is 1. The maximum atomic E-state index is 11.9. The van der Waals surface area contributed by atoms with E-state index in [4.69, 9.17) is 22.0 Å². The summed E-state index contributed by atoms with van der Waals surface area (Å²) in [6.45, 7) is 3.97. The molecule has 0 fully saturated rings. The molecular formula is C22H19ClN4O3. The van der Waals surface area contributed by atoms with Crippen molar-refractivity contribution < 1.29 is 14.7 Å². The van der Waals surface area contributed by atoms with Crippen LogP contribution in [0, 0.1) is 25.2 Å². The standard InChI is InChI=1S/C22H19ClN4O3/c1-13-21(17-7-8-18(10-24)19(23)9-17)14(2)27(26-13)12-15-3-5-16(6-4-15)22(30)25-11-20(28)29/h3-9H,11-12H2,1-2H3,(H,25,30)(H,28,29). The van der Waals surface area contributed by atoms with Crippen molar-refractivity contribution in [3.8, 4) is 17.2 Å². The predicted octanol–water partition coefficient (Wildman–Crippen LogP) is 3.55. The number of rotatable bonds is 6. The number of carbonyl (C=O) groups excluding carboxylic acids is 1. The first-order chi connectivity index (χ1) is 14.3. The summed E-state index contributed by atoms with van der Waals surface area (Å²) in [5.74, 6) is -1.53. The molecule has 0 saturated carbocycles. The van der Waals surface area contributed by atoms with Gasteiger partial charge in [-0.1, -0.05) is 29.8 Å². The van der Waals surface area contributed by atoms with Crippen LogP contribution in [0.3, 0.4) is 0 Å². The van der Waals surface area contributed by atoms with Crippen LogP contribution < -0.4 is 5.32 Å². The second-order valence-electron chi connectivity index (χ2n) is 6.78. The van der Waals surface area contributed by atoms with Gasteiger partial charge in [-0.25, -0.2) is 0 Å². The van der Waals surface area contributed by atoms with E-state index in [-0.39, 0.29) is 0 Å². The number of amides is 1. The number of nitrogens with zero attached hydrogens (tertiary/aromatic N) is 3. The van der Waals surface area contributed by atoms with Gasteiger partial charge in [0.1, 0.15) is 12.6 Å². The first-order valence-electron chi connectivity index (χ1n) is 9.13. The fourth-order valence-corrected chi connectivity index (χ4v) is 3.45. The van der Waals surface area contributed by atoms with Crippen molar-refractivity contribution in [1.29, 1.82) is 5.26 Å². The van der Waals surface area contributed by atoms with Gasteiger partial charge in [-0.3, -0.25) is 14.3 Å². The molecule has 1 heterocycles. The van der Waals surface area contributed by atoms with Crippen molar-refractivity contribution in [3.63, 3.8) is 0 Å². The van der Waals surface area contributed by atoms with Crippen LogP contribution in [0.2, 0.25) is 5.02 Å². The maximum Gasteiger partial charge on any atom is 0.322 e. The molecule has 0 spiro atoms. The highest BCUT2D eigenvalue weighted by Crippen LogP contribution is 2.30. The third kappa shape index (κ3) is 4.50. The third-order valence-electron chi connectivity index (χ3n) is 4.71. The number of nitriles is 1. The summed E-state index contributed by atoms with van der Waals surface area (Å²) in [6.07, 6.45) is 0. The van der Waals surface area contributed by atoms with Crippen LogP contribution in [0.5, 0.6) is 0 Å². The average molecular weight is 423 g/mol. The molecule has 3 aromatic rings. The molecule has 3 rings (SSSR count). The number of nitrogens with one attached hydrogen (secondary N) is 1. The Hall–Kier alpha value is -3.63. The molecule has 0 atom stereocenters. The molecule has 2 N–H and O–H groups in total. The summed E-state index contributed by atoms with van der Waals surface area (Å²) in [6, 6.07) is 14.3. The van der Waals surface area contributed by atoms with Crippen LogP contribution in [-0.2, 0) is 11.3 Å². The van der Waals surface area contributed by atoms with Gasteiger partial charge in [-0.05, 0) is 49.2 Å². The molecule has 1 aromatic heterocycles. The van der Waals surface area contributed by atoms with Crippen molar-refractivity contribution in [2.24, 2.45) is 0 Å². The number of carbonyl (C=O) groups is 2. The Morgan fingerprint density at radius 1 is 1.20 bits per heavy atom. The normalized spacial score (nSPS) is 10.5. The van der Waals surface area contributed by atoms with Gasteiger partial charge in [0, 0.05) is 16.8 Å². The van der Waals surface area contributed by atoms with Crippen LogP contribution in [0.1, 0.15) is 32.9 Å². The second kappa shape index (κ2) is 8.80. The van der Waals surface area contributed by atoms with E-state index < -0.39 is 18.4 Å². The molecule has 8 heteroatoms. The average Bonchev–Trinajstić information content (AvgIpc) is 2.99. The van der Waals surface area contributed by atoms with Gasteiger partial charge in [-0.2, -0.15) is 10.4 Å². The van der Waals surface area contributed by atoms with Crippen molar-refractivity contribution >= 4 is 23.5 Å². The van der Waals surface area contributed by atoms with E-state index in [9.17, 15) is 9.59 Å². The number of benzene rings is 2. The van der Waals surface area contributed by atoms with Crippen molar-refractivity contribution in [1.82, 2.24) is 15.1 Å². The summed E-state index contributed by atoms with van der Waals surface area (Å²) in [4.78, 5) is 22.5. The largest absolute Gasteiger partial charge is 0.480 e. The molecule has 0 aliphatic rings. The van der Waals surface area contributed by atoms with Gasteiger partial charge in [0.15, 0.2) is 0 Å². The predicted molar refractivity (Wildman–Crippen MR) is 112 cm³/mol. The summed E-state index contributed by atoms with van der Waals surface area (Å²) in [5, 5.41) is 25.1. The van der Waals surface area contributed by atoms with Gasteiger partial charge in [0.05, 0.1) is 22.8 Å². The van der Waals surface area contributed by atoms with E-state index in [1.165, 1.54) is 0 Å². The minimum absolute atomic E-state index is 0.390. The van der Waals surface area contributed by atoms with Crippen LogP contribution in [0.4, 0.5) is 0 Å². The van der Waals surface area contributed by atoms with Crippen LogP contribution in [0.25, 0.3) is 11.1 Å². The Kier molecular flexibility index (Phi) is 6.19. The SMILES string of the molecule is Cc1nn(Cc2ccc(C(=O)NCC(=O)O)cc2)c(C)c1-c1ccc(C#N)c(Cl)c1. The van der Waals surface area contributed by atoms with Gasteiger partial charge >= 0.3 is 5.97 Å². The fourth-order valence-electron chi connectivity index (χ4n) is 3.22. The lowest BCUT2D eigenvalue weighted by Gasteiger charge is -2.08. The van der Waals surface area contributed by atoms with E-state index in [1.807, 2.05) is 36.7 Å². The van der Waals surface area contributed by atoms with E-state index in [1.54, 1.807) is 24.3 Å². The van der Waals surface area contributed by atoms with Gasteiger partial charge < -0.3 is 10.4 Å². The maximum absolute atomic E-state index is 11.9. The van der Waals surface area contributed by atoms with Crippen LogP contribution in [-0.4, -0.2) is 33.3 Å². The number of halogens is 1. The quantitative estimate of drug-likeness (QED) is 0.631. The highest BCUT2D eigenvalue weighted by atomic mass is 35.5. The molecule has 0 radical (unpaired) electrons. The first kappa shape index (κ1) is 21.1. The highest BCUT2D eigenvalue weighted by Gasteiger charge is 2.15. The zero-order valence-electron chi connectivity index (χ0n) is 16.4. The number of aromatic nitrogens is 2. The van der Waals surface area contributed by atoms with Crippen molar-refractivity contribution in [2.45, 2.75) is 20.4 Å². The zero-order chi connectivity index (χ0) is 21.8. The first-order valence-corrected chi connectivity index (χ1v) is 9.51.